The molecule has 0 aliphatic carbocycles. The van der Waals surface area contributed by atoms with E-state index >= 15 is 0 Å². The quantitative estimate of drug-likeness (QED) is 0.284. The number of hydrogen-bond donors (Lipinski definition) is 0. The van der Waals surface area contributed by atoms with Gasteiger partial charge in [-0.05, 0) is 38.2 Å². The maximum Gasteiger partial charge on any atom is 0.318 e. The van der Waals surface area contributed by atoms with Gasteiger partial charge < -0.3 is 33.9 Å². The third-order valence-electron chi connectivity index (χ3n) is 9.01. The lowest BCUT2D eigenvalue weighted by molar-refractivity contribution is -0.131. The number of rotatable bonds is 7. The first-order chi connectivity index (χ1) is 21.6. The third kappa shape index (κ3) is 6.20. The molecule has 2 saturated heterocycles. The number of aromatic nitrogens is 2. The van der Waals surface area contributed by atoms with Crippen LogP contribution >= 0.6 is 11.6 Å². The molecule has 0 saturated carbocycles. The molecule has 10 nitrogen and oxygen atoms in total. The van der Waals surface area contributed by atoms with Crippen LogP contribution in [0.5, 0.6) is 6.01 Å². The van der Waals surface area contributed by atoms with Gasteiger partial charge in [-0.1, -0.05) is 48.5 Å². The van der Waals surface area contributed by atoms with Crippen LogP contribution in [0.4, 0.5) is 10.2 Å². The van der Waals surface area contributed by atoms with Gasteiger partial charge in [0, 0.05) is 55.1 Å². The Kier molecular flexibility index (Phi) is 8.93. The van der Waals surface area contributed by atoms with Gasteiger partial charge in [-0.2, -0.15) is 9.97 Å². The Morgan fingerprint density at radius 2 is 1.98 bits per heavy atom. The Balaban J connectivity index is 1.37. The van der Waals surface area contributed by atoms with Crippen molar-refractivity contribution in [3.63, 3.8) is 0 Å². The van der Waals surface area contributed by atoms with Crippen LogP contribution in [0.1, 0.15) is 22.9 Å². The molecule has 2 aromatic carbocycles. The number of anilines is 1. The van der Waals surface area contributed by atoms with Crippen LogP contribution in [0, 0.1) is 6.57 Å². The summed E-state index contributed by atoms with van der Waals surface area (Å²) in [5.74, 6) is -1.16. The predicted octanol–water partition coefficient (Wildman–Crippen LogP) is 4.14. The second kappa shape index (κ2) is 12.9. The number of likely N-dealkylation sites (tertiary alicyclic amines) is 1. The molecule has 0 spiro atoms. The first kappa shape index (κ1) is 31.2. The molecule has 1 unspecified atom stereocenters. The molecule has 3 aliphatic rings. The fourth-order valence-electron chi connectivity index (χ4n) is 6.76. The number of carbonyl (C=O) groups is 1. The smallest absolute Gasteiger partial charge is 0.318 e. The average molecular weight is 634 g/mol. The monoisotopic (exact) mass is 633 g/mol. The molecule has 3 aromatic rings. The molecule has 1 aromatic heterocycles. The van der Waals surface area contributed by atoms with Crippen LogP contribution in [0.15, 0.2) is 48.8 Å². The number of piperazine rings is 1. The van der Waals surface area contributed by atoms with E-state index in [0.717, 1.165) is 40.7 Å². The third-order valence-corrected chi connectivity index (χ3v) is 9.32. The van der Waals surface area contributed by atoms with Gasteiger partial charge in [-0.3, -0.25) is 4.79 Å². The van der Waals surface area contributed by atoms with Crippen molar-refractivity contribution in [1.82, 2.24) is 24.7 Å². The van der Waals surface area contributed by atoms with Crippen LogP contribution < -0.4 is 9.64 Å². The van der Waals surface area contributed by atoms with Gasteiger partial charge in [0.2, 0.25) is 6.54 Å². The number of ether oxygens (including phenoxy) is 2. The number of amides is 1. The van der Waals surface area contributed by atoms with E-state index in [1.54, 1.807) is 0 Å². The maximum absolute atomic E-state index is 13.9. The SMILES string of the molecule is [C-]#[N+]C[C@H]1CN(c2nc(O[C@@H]3CN(C)C[C@H]3N(C)C)nc3c2COC(c2cccc4cccc(Cl)c24)C3)CCN1C(=O)C(=C)F. The Morgan fingerprint density at radius 3 is 2.71 bits per heavy atom. The summed E-state index contributed by atoms with van der Waals surface area (Å²) in [5.41, 5.74) is 2.65. The molecule has 6 rings (SSSR count). The molecule has 4 heterocycles. The van der Waals surface area contributed by atoms with E-state index in [-0.39, 0.29) is 44.0 Å². The minimum absolute atomic E-state index is 0.0332. The van der Waals surface area contributed by atoms with Gasteiger partial charge in [0.1, 0.15) is 18.0 Å². The van der Waals surface area contributed by atoms with Crippen molar-refractivity contribution in [2.45, 2.75) is 37.3 Å². The van der Waals surface area contributed by atoms with Gasteiger partial charge in [0.05, 0.1) is 24.4 Å². The van der Waals surface area contributed by atoms with Crippen molar-refractivity contribution in [3.8, 4) is 6.01 Å². The summed E-state index contributed by atoms with van der Waals surface area (Å²) in [7, 11) is 6.16. The largest absolute Gasteiger partial charge is 0.457 e. The molecule has 0 N–H and O–H groups in total. The number of nitrogens with zero attached hydrogens (tertiary/aromatic N) is 7. The molecule has 0 radical (unpaired) electrons. The minimum Gasteiger partial charge on any atom is -0.457 e. The zero-order valence-corrected chi connectivity index (χ0v) is 26.5. The lowest BCUT2D eigenvalue weighted by Gasteiger charge is -2.40. The number of hydrogen-bond acceptors (Lipinski definition) is 8. The molecule has 236 valence electrons. The molecule has 2 fully saturated rings. The number of halogens is 2. The number of likely N-dealkylation sites (N-methyl/N-ethyl adjacent to an activating group) is 2. The highest BCUT2D eigenvalue weighted by atomic mass is 35.5. The molecule has 0 bridgehead atoms. The van der Waals surface area contributed by atoms with Crippen molar-refractivity contribution in [1.29, 1.82) is 0 Å². The van der Waals surface area contributed by atoms with Crippen LogP contribution in [0.2, 0.25) is 5.02 Å². The van der Waals surface area contributed by atoms with E-state index in [2.05, 4.69) is 28.3 Å². The lowest BCUT2D eigenvalue weighted by Crippen LogP contribution is -2.57. The van der Waals surface area contributed by atoms with E-state index in [1.165, 1.54) is 4.90 Å². The summed E-state index contributed by atoms with van der Waals surface area (Å²) in [4.78, 5) is 33.8. The van der Waals surface area contributed by atoms with Crippen molar-refractivity contribution in [3.05, 3.63) is 82.1 Å². The number of benzene rings is 2. The molecular formula is C33H37ClFN7O3. The fourth-order valence-corrected chi connectivity index (χ4v) is 7.05. The van der Waals surface area contributed by atoms with E-state index in [9.17, 15) is 9.18 Å². The van der Waals surface area contributed by atoms with Gasteiger partial charge >= 0.3 is 6.01 Å². The lowest BCUT2D eigenvalue weighted by atomic mass is 9.94. The molecule has 45 heavy (non-hydrogen) atoms. The minimum atomic E-state index is -1.03. The first-order valence-electron chi connectivity index (χ1n) is 15.1. The summed E-state index contributed by atoms with van der Waals surface area (Å²) in [6.45, 7) is 13.5. The molecule has 12 heteroatoms. The van der Waals surface area contributed by atoms with Crippen LogP contribution in [-0.2, 0) is 22.6 Å². The summed E-state index contributed by atoms with van der Waals surface area (Å²) in [6.07, 6.45) is 0.0609. The van der Waals surface area contributed by atoms with Crippen molar-refractivity contribution >= 4 is 34.1 Å². The maximum atomic E-state index is 13.9. The van der Waals surface area contributed by atoms with Crippen LogP contribution in [0.25, 0.3) is 15.6 Å². The van der Waals surface area contributed by atoms with Crippen molar-refractivity contribution in [2.75, 3.05) is 65.3 Å². The van der Waals surface area contributed by atoms with Gasteiger partial charge in [-0.25, -0.2) is 11.0 Å². The zero-order chi connectivity index (χ0) is 31.8. The standard InChI is InChI=1S/C33H37ClFN7O3/c1-20(35)32(43)42-13-12-41(16-22(42)15-36-2)31-24-19-44-28(23-10-6-8-21-9-7-11-25(34)30(21)23)14-26(24)37-33(38-31)45-29-18-40(5)17-27(29)39(3)4/h6-11,22,27-29H,1,12-19H2,3-5H3/t22-,27+,28?,29+/m0/s1. The summed E-state index contributed by atoms with van der Waals surface area (Å²) < 4.78 is 26.9. The van der Waals surface area contributed by atoms with Crippen LogP contribution in [0.3, 0.4) is 0 Å². The second-order valence-electron chi connectivity index (χ2n) is 12.2. The van der Waals surface area contributed by atoms with Gasteiger partial charge in [0.25, 0.3) is 5.91 Å². The molecular weight excluding hydrogens is 597 g/mol. The van der Waals surface area contributed by atoms with E-state index in [4.69, 9.17) is 37.6 Å². The highest BCUT2D eigenvalue weighted by molar-refractivity contribution is 6.35. The van der Waals surface area contributed by atoms with E-state index < -0.39 is 17.8 Å². The topological polar surface area (TPSA) is 78.6 Å². The van der Waals surface area contributed by atoms with Gasteiger partial charge in [-0.15, -0.1) is 0 Å². The normalized spacial score (nSPS) is 23.7. The molecule has 3 aliphatic heterocycles. The predicted molar refractivity (Wildman–Crippen MR) is 171 cm³/mol. The summed E-state index contributed by atoms with van der Waals surface area (Å²) in [5, 5.41) is 2.66. The van der Waals surface area contributed by atoms with Crippen molar-refractivity contribution < 1.29 is 18.7 Å². The highest BCUT2D eigenvalue weighted by Crippen LogP contribution is 2.39. The molecule has 1 amide bonds. The van der Waals surface area contributed by atoms with E-state index in [0.29, 0.717) is 30.4 Å². The highest BCUT2D eigenvalue weighted by Gasteiger charge is 2.38. The average Bonchev–Trinajstić information content (AvgIpc) is 3.40. The zero-order valence-electron chi connectivity index (χ0n) is 25.7. The van der Waals surface area contributed by atoms with Crippen molar-refractivity contribution in [2.24, 2.45) is 0 Å². The van der Waals surface area contributed by atoms with Gasteiger partial charge in [0.15, 0.2) is 5.83 Å². The Bertz CT molecular complexity index is 1660. The number of fused-ring (bicyclic) bond motifs is 2. The Labute approximate surface area is 267 Å². The first-order valence-corrected chi connectivity index (χ1v) is 15.5. The summed E-state index contributed by atoms with van der Waals surface area (Å²) >= 11 is 6.68. The van der Waals surface area contributed by atoms with E-state index in [1.807, 2.05) is 55.4 Å². The van der Waals surface area contributed by atoms with Crippen LogP contribution in [-0.4, -0.2) is 109 Å². The Morgan fingerprint density at radius 1 is 1.20 bits per heavy atom. The summed E-state index contributed by atoms with van der Waals surface area (Å²) in [6, 6.07) is 11.9. The number of carbonyl (C=O) groups excluding carboxylic acids is 1. The molecule has 4 atom stereocenters. The Hall–Kier alpha value is -3.82. The fraction of sp³-hybridized carbons (Fsp3) is 0.455. The second-order valence-corrected chi connectivity index (χ2v) is 12.6.